The number of nitrogens with zero attached hydrogens (tertiary/aromatic N) is 1. The number of carbonyl (C=O) groups excluding carboxylic acids is 1. The van der Waals surface area contributed by atoms with Crippen LogP contribution in [-0.2, 0) is 26.0 Å². The topological polar surface area (TPSA) is 102 Å². The summed E-state index contributed by atoms with van der Waals surface area (Å²) < 4.78 is 30.9. The monoisotopic (exact) mass is 349 g/mol. The molecule has 9 heteroatoms. The first-order chi connectivity index (χ1) is 9.90. The number of rotatable bonds is 5. The minimum absolute atomic E-state index is 0. The standard InChI is InChI=1S/C13H19N3O4S.ClH/c1-15-21(18,19)10-4-3-9-5-6-16(12(9)7-10)13(17)11(14)8-20-2;/h3-4,7,11,15H,5-6,8,14H2,1-2H3;1H. The minimum atomic E-state index is -3.54. The molecule has 1 unspecified atom stereocenters. The van der Waals surface area contributed by atoms with Crippen molar-refractivity contribution in [3.05, 3.63) is 23.8 Å². The number of methoxy groups -OCH3 is 1. The average Bonchev–Trinajstić information content (AvgIpc) is 2.89. The highest BCUT2D eigenvalue weighted by atomic mass is 35.5. The van der Waals surface area contributed by atoms with Crippen LogP contribution in [0.25, 0.3) is 0 Å². The lowest BCUT2D eigenvalue weighted by molar-refractivity contribution is -0.120. The van der Waals surface area contributed by atoms with Gasteiger partial charge < -0.3 is 15.4 Å². The molecule has 1 heterocycles. The van der Waals surface area contributed by atoms with Gasteiger partial charge in [0.15, 0.2) is 0 Å². The number of carbonyl (C=O) groups is 1. The molecule has 0 saturated carbocycles. The number of amides is 1. The fourth-order valence-corrected chi connectivity index (χ4v) is 3.07. The summed E-state index contributed by atoms with van der Waals surface area (Å²) in [5.74, 6) is -0.269. The second-order valence-corrected chi connectivity index (χ2v) is 6.69. The average molecular weight is 350 g/mol. The molecular weight excluding hydrogens is 330 g/mol. The van der Waals surface area contributed by atoms with Crippen molar-refractivity contribution in [2.75, 3.05) is 32.2 Å². The number of halogens is 1. The first-order valence-electron chi connectivity index (χ1n) is 6.53. The summed E-state index contributed by atoms with van der Waals surface area (Å²) in [6, 6.07) is 4.01. The Morgan fingerprint density at radius 1 is 1.50 bits per heavy atom. The SMILES string of the molecule is CNS(=O)(=O)c1ccc2c(c1)N(C(=O)C(N)COC)CC2.Cl. The van der Waals surface area contributed by atoms with Gasteiger partial charge in [-0.05, 0) is 31.2 Å². The van der Waals surface area contributed by atoms with Crippen molar-refractivity contribution in [2.24, 2.45) is 5.73 Å². The molecule has 0 aromatic heterocycles. The number of hydrogen-bond acceptors (Lipinski definition) is 5. The molecule has 1 aliphatic heterocycles. The van der Waals surface area contributed by atoms with E-state index in [0.29, 0.717) is 18.7 Å². The van der Waals surface area contributed by atoms with Gasteiger partial charge >= 0.3 is 0 Å². The largest absolute Gasteiger partial charge is 0.383 e. The molecule has 0 saturated heterocycles. The van der Waals surface area contributed by atoms with E-state index < -0.39 is 16.1 Å². The van der Waals surface area contributed by atoms with E-state index in [1.54, 1.807) is 6.07 Å². The number of nitrogens with two attached hydrogens (primary N) is 1. The van der Waals surface area contributed by atoms with Gasteiger partial charge in [-0.25, -0.2) is 13.1 Å². The molecule has 0 fully saturated rings. The lowest BCUT2D eigenvalue weighted by atomic mass is 10.2. The van der Waals surface area contributed by atoms with Crippen molar-refractivity contribution in [3.63, 3.8) is 0 Å². The Kier molecular flexibility index (Phi) is 6.33. The van der Waals surface area contributed by atoms with Crippen LogP contribution >= 0.6 is 12.4 Å². The lowest BCUT2D eigenvalue weighted by Crippen LogP contribution is -2.45. The molecule has 1 aliphatic rings. The number of nitrogens with one attached hydrogen (secondary N) is 1. The predicted octanol–water partition coefficient (Wildman–Crippen LogP) is -0.121. The van der Waals surface area contributed by atoms with Gasteiger partial charge in [0.2, 0.25) is 15.9 Å². The first-order valence-corrected chi connectivity index (χ1v) is 8.01. The Labute approximate surface area is 136 Å². The van der Waals surface area contributed by atoms with E-state index in [1.807, 2.05) is 0 Å². The zero-order valence-electron chi connectivity index (χ0n) is 12.4. The van der Waals surface area contributed by atoms with Crippen molar-refractivity contribution in [1.29, 1.82) is 0 Å². The van der Waals surface area contributed by atoms with Crippen LogP contribution in [0.1, 0.15) is 5.56 Å². The highest BCUT2D eigenvalue weighted by Crippen LogP contribution is 2.30. The van der Waals surface area contributed by atoms with Crippen molar-refractivity contribution in [3.8, 4) is 0 Å². The maximum atomic E-state index is 12.3. The normalized spacial score (nSPS) is 15.1. The molecule has 1 aromatic rings. The molecule has 7 nitrogen and oxygen atoms in total. The molecule has 3 N–H and O–H groups in total. The third kappa shape index (κ3) is 3.58. The van der Waals surface area contributed by atoms with Gasteiger partial charge in [0.25, 0.3) is 0 Å². The van der Waals surface area contributed by atoms with Crippen LogP contribution in [0, 0.1) is 0 Å². The molecule has 2 rings (SSSR count). The molecule has 1 atom stereocenters. The lowest BCUT2D eigenvalue weighted by Gasteiger charge is -2.21. The van der Waals surface area contributed by atoms with Gasteiger partial charge in [-0.2, -0.15) is 0 Å². The second kappa shape index (κ2) is 7.38. The smallest absolute Gasteiger partial charge is 0.246 e. The molecule has 22 heavy (non-hydrogen) atoms. The minimum Gasteiger partial charge on any atom is -0.383 e. The number of hydrogen-bond donors (Lipinski definition) is 2. The van der Waals surface area contributed by atoms with Crippen LogP contribution < -0.4 is 15.4 Å². The van der Waals surface area contributed by atoms with Crippen molar-refractivity contribution < 1.29 is 17.9 Å². The van der Waals surface area contributed by atoms with Crippen molar-refractivity contribution in [2.45, 2.75) is 17.4 Å². The molecule has 0 spiro atoms. The summed E-state index contributed by atoms with van der Waals surface area (Å²) in [5, 5.41) is 0. The van der Waals surface area contributed by atoms with Crippen LogP contribution in [0.5, 0.6) is 0 Å². The molecule has 124 valence electrons. The Morgan fingerprint density at radius 3 is 2.77 bits per heavy atom. The van der Waals surface area contributed by atoms with E-state index in [2.05, 4.69) is 4.72 Å². The quantitative estimate of drug-likeness (QED) is 0.771. The maximum absolute atomic E-state index is 12.3. The van der Waals surface area contributed by atoms with Crippen molar-refractivity contribution >= 4 is 34.0 Å². The summed E-state index contributed by atoms with van der Waals surface area (Å²) in [7, 11) is -0.721. The Morgan fingerprint density at radius 2 is 2.18 bits per heavy atom. The van der Waals surface area contributed by atoms with E-state index in [1.165, 1.54) is 31.2 Å². The number of anilines is 1. The van der Waals surface area contributed by atoms with Crippen LogP contribution in [0.4, 0.5) is 5.69 Å². The molecule has 0 bridgehead atoms. The van der Waals surface area contributed by atoms with E-state index in [-0.39, 0.29) is 29.8 Å². The zero-order chi connectivity index (χ0) is 15.6. The van der Waals surface area contributed by atoms with Crippen LogP contribution in [0.3, 0.4) is 0 Å². The number of benzene rings is 1. The highest BCUT2D eigenvalue weighted by Gasteiger charge is 2.29. The Balaban J connectivity index is 0.00000242. The third-order valence-electron chi connectivity index (χ3n) is 3.46. The van der Waals surface area contributed by atoms with E-state index in [0.717, 1.165) is 5.56 Å². The fourth-order valence-electron chi connectivity index (χ4n) is 2.32. The Hall–Kier alpha value is -1.19. The van der Waals surface area contributed by atoms with Crippen molar-refractivity contribution in [1.82, 2.24) is 4.72 Å². The molecule has 1 aromatic carbocycles. The molecular formula is C13H20ClN3O4S. The summed E-state index contributed by atoms with van der Waals surface area (Å²) in [6.07, 6.45) is 0.681. The van der Waals surface area contributed by atoms with Gasteiger partial charge in [0.05, 0.1) is 11.5 Å². The number of fused-ring (bicyclic) bond motifs is 1. The van der Waals surface area contributed by atoms with Gasteiger partial charge in [0, 0.05) is 19.3 Å². The van der Waals surface area contributed by atoms with E-state index in [4.69, 9.17) is 10.5 Å². The fraction of sp³-hybridized carbons (Fsp3) is 0.462. The molecule has 0 aliphatic carbocycles. The highest BCUT2D eigenvalue weighted by molar-refractivity contribution is 7.89. The Bertz CT molecular complexity index is 651. The maximum Gasteiger partial charge on any atom is 0.246 e. The van der Waals surface area contributed by atoms with Crippen LogP contribution in [0.15, 0.2) is 23.1 Å². The first kappa shape index (κ1) is 18.9. The van der Waals surface area contributed by atoms with E-state index in [9.17, 15) is 13.2 Å². The van der Waals surface area contributed by atoms with E-state index >= 15 is 0 Å². The number of sulfonamides is 1. The van der Waals surface area contributed by atoms with Gasteiger partial charge in [0.1, 0.15) is 6.04 Å². The van der Waals surface area contributed by atoms with Gasteiger partial charge in [-0.15, -0.1) is 12.4 Å². The van der Waals surface area contributed by atoms with Crippen LogP contribution in [0.2, 0.25) is 0 Å². The van der Waals surface area contributed by atoms with Gasteiger partial charge in [-0.1, -0.05) is 6.07 Å². The summed E-state index contributed by atoms with van der Waals surface area (Å²) in [5.41, 5.74) is 7.30. The summed E-state index contributed by atoms with van der Waals surface area (Å²) in [4.78, 5) is 13.9. The summed E-state index contributed by atoms with van der Waals surface area (Å²) in [6.45, 7) is 0.619. The van der Waals surface area contributed by atoms with Crippen LogP contribution in [-0.4, -0.2) is 47.7 Å². The zero-order valence-corrected chi connectivity index (χ0v) is 14.0. The molecule has 0 radical (unpaired) electrons. The molecule has 1 amide bonds. The number of ether oxygens (including phenoxy) is 1. The second-order valence-electron chi connectivity index (χ2n) is 4.80. The third-order valence-corrected chi connectivity index (χ3v) is 4.87. The predicted molar refractivity (Wildman–Crippen MR) is 85.8 cm³/mol. The summed E-state index contributed by atoms with van der Waals surface area (Å²) >= 11 is 0. The van der Waals surface area contributed by atoms with Gasteiger partial charge in [-0.3, -0.25) is 4.79 Å².